The van der Waals surface area contributed by atoms with E-state index < -0.39 is 11.5 Å². The first-order valence-electron chi connectivity index (χ1n) is 5.59. The maximum absolute atomic E-state index is 11.9. The van der Waals surface area contributed by atoms with Crippen molar-refractivity contribution in [2.45, 2.75) is 24.8 Å². The third-order valence-electron chi connectivity index (χ3n) is 3.07. The highest BCUT2D eigenvalue weighted by Crippen LogP contribution is 2.45. The highest BCUT2D eigenvalue weighted by molar-refractivity contribution is 8.13. The van der Waals surface area contributed by atoms with Crippen molar-refractivity contribution in [3.63, 3.8) is 0 Å². The zero-order valence-corrected chi connectivity index (χ0v) is 12.1. The molecule has 6 nitrogen and oxygen atoms in total. The summed E-state index contributed by atoms with van der Waals surface area (Å²) < 4.78 is 0. The van der Waals surface area contributed by atoms with Crippen LogP contribution in [-0.2, 0) is 14.4 Å². The lowest BCUT2D eigenvalue weighted by atomic mass is 9.90. The van der Waals surface area contributed by atoms with E-state index in [1.54, 1.807) is 6.92 Å². The van der Waals surface area contributed by atoms with Crippen LogP contribution in [0.1, 0.15) is 13.8 Å². The quantitative estimate of drug-likeness (QED) is 0.720. The first-order valence-corrected chi connectivity index (χ1v) is 7.63. The summed E-state index contributed by atoms with van der Waals surface area (Å²) in [5.41, 5.74) is 5.44. The van der Waals surface area contributed by atoms with Gasteiger partial charge >= 0.3 is 5.97 Å². The number of fused-ring (bicyclic) bond motifs is 1. The van der Waals surface area contributed by atoms with E-state index in [9.17, 15) is 19.5 Å². The predicted molar refractivity (Wildman–Crippen MR) is 73.5 cm³/mol. The number of carboxylic acid groups (broad SMARTS) is 1. The van der Waals surface area contributed by atoms with Crippen LogP contribution in [0.5, 0.6) is 0 Å². The van der Waals surface area contributed by atoms with E-state index in [0.29, 0.717) is 17.1 Å². The number of rotatable bonds is 3. The van der Waals surface area contributed by atoms with E-state index in [1.807, 2.05) is 0 Å². The molecule has 3 N–H and O–H groups in total. The third-order valence-corrected chi connectivity index (χ3v) is 5.50. The second-order valence-corrected chi connectivity index (χ2v) is 6.88. The van der Waals surface area contributed by atoms with Crippen molar-refractivity contribution < 1.29 is 19.5 Å². The van der Waals surface area contributed by atoms with Crippen molar-refractivity contribution in [2.75, 3.05) is 11.5 Å². The summed E-state index contributed by atoms with van der Waals surface area (Å²) in [5, 5.41) is 8.87. The number of nitrogens with two attached hydrogens (primary N) is 1. The maximum atomic E-state index is 11.9. The van der Waals surface area contributed by atoms with Gasteiger partial charge in [0.1, 0.15) is 16.6 Å². The van der Waals surface area contributed by atoms with Crippen LogP contribution >= 0.6 is 23.5 Å². The number of β-lactam (4-membered cyclic amide) rings is 1. The van der Waals surface area contributed by atoms with Crippen molar-refractivity contribution in [3.05, 3.63) is 11.3 Å². The van der Waals surface area contributed by atoms with Gasteiger partial charge < -0.3 is 10.8 Å². The van der Waals surface area contributed by atoms with E-state index in [4.69, 9.17) is 5.73 Å². The number of hydrogen-bond acceptors (Lipinski definition) is 6. The van der Waals surface area contributed by atoms with Gasteiger partial charge in [0.2, 0.25) is 0 Å². The number of thioether (sulfide) groups is 2. The van der Waals surface area contributed by atoms with Crippen molar-refractivity contribution in [3.8, 4) is 0 Å². The number of nitrogens with zero attached hydrogens (tertiary/aromatic N) is 1. The van der Waals surface area contributed by atoms with Gasteiger partial charge in [0.05, 0.1) is 0 Å². The van der Waals surface area contributed by atoms with Crippen LogP contribution in [0.3, 0.4) is 0 Å². The van der Waals surface area contributed by atoms with Gasteiger partial charge in [-0.15, -0.1) is 11.8 Å². The Morgan fingerprint density at radius 3 is 2.79 bits per heavy atom. The number of carbonyl (C=O) groups is 3. The summed E-state index contributed by atoms with van der Waals surface area (Å²) in [4.78, 5) is 35.5. The molecule has 0 aromatic rings. The molecular formula is C11H14N2O4S2. The fourth-order valence-electron chi connectivity index (χ4n) is 2.11. The molecule has 0 spiro atoms. The summed E-state index contributed by atoms with van der Waals surface area (Å²) in [6.07, 6.45) is 0. The van der Waals surface area contributed by atoms with E-state index in [2.05, 4.69) is 0 Å². The van der Waals surface area contributed by atoms with Crippen LogP contribution in [0, 0.1) is 0 Å². The maximum Gasteiger partial charge on any atom is 0.352 e. The highest BCUT2D eigenvalue weighted by Gasteiger charge is 2.59. The zero-order valence-electron chi connectivity index (χ0n) is 10.5. The third kappa shape index (κ3) is 2.28. The van der Waals surface area contributed by atoms with Gasteiger partial charge in [0.15, 0.2) is 5.12 Å². The minimum Gasteiger partial charge on any atom is -0.477 e. The first kappa shape index (κ1) is 14.4. The zero-order chi connectivity index (χ0) is 14.4. The largest absolute Gasteiger partial charge is 0.477 e. The summed E-state index contributed by atoms with van der Waals surface area (Å²) in [6.45, 7) is 3.04. The van der Waals surface area contributed by atoms with Crippen molar-refractivity contribution in [1.29, 1.82) is 0 Å². The minimum atomic E-state index is -1.15. The number of carboxylic acids is 1. The molecule has 2 rings (SSSR count). The summed E-state index contributed by atoms with van der Waals surface area (Å²) >= 11 is 2.48. The normalized spacial score (nSPS) is 29.9. The van der Waals surface area contributed by atoms with Crippen LogP contribution in [0.25, 0.3) is 0 Å². The van der Waals surface area contributed by atoms with E-state index >= 15 is 0 Å². The van der Waals surface area contributed by atoms with Gasteiger partial charge in [-0.05, 0) is 12.5 Å². The van der Waals surface area contributed by atoms with Crippen molar-refractivity contribution >= 4 is 40.5 Å². The molecule has 0 saturated carbocycles. The van der Waals surface area contributed by atoms with E-state index in [-0.39, 0.29) is 22.1 Å². The molecule has 2 aliphatic rings. The molecule has 0 aromatic carbocycles. The molecule has 2 aliphatic heterocycles. The van der Waals surface area contributed by atoms with Gasteiger partial charge in [-0.25, -0.2) is 4.79 Å². The second kappa shape index (κ2) is 4.84. The van der Waals surface area contributed by atoms with Crippen LogP contribution in [-0.4, -0.2) is 49.4 Å². The molecular weight excluding hydrogens is 288 g/mol. The molecule has 104 valence electrons. The Morgan fingerprint density at radius 2 is 2.26 bits per heavy atom. The van der Waals surface area contributed by atoms with Crippen LogP contribution in [0.4, 0.5) is 0 Å². The summed E-state index contributed by atoms with van der Waals surface area (Å²) in [6, 6.07) is 0. The van der Waals surface area contributed by atoms with Crippen LogP contribution < -0.4 is 5.73 Å². The Kier molecular flexibility index (Phi) is 3.67. The average Bonchev–Trinajstić information content (AvgIpc) is 2.34. The fourth-order valence-corrected chi connectivity index (χ4v) is 4.25. The van der Waals surface area contributed by atoms with E-state index in [1.165, 1.54) is 23.6 Å². The molecule has 0 bridgehead atoms. The Hall–Kier alpha value is -0.990. The smallest absolute Gasteiger partial charge is 0.352 e. The molecule has 2 atom stereocenters. The molecule has 1 amide bonds. The molecule has 19 heavy (non-hydrogen) atoms. The van der Waals surface area contributed by atoms with Gasteiger partial charge in [0.25, 0.3) is 5.91 Å². The standard InChI is InChI=1S/C11H14N2O4S2/c1-5(14)18-3-6-4-19-10-11(2,12)9(17)13(10)7(6)8(15)16/h10H,3-4,12H2,1-2H3,(H,15,16)/t10-,11?/m1/s1. The van der Waals surface area contributed by atoms with Crippen LogP contribution in [0.15, 0.2) is 11.3 Å². The number of amides is 1. The fraction of sp³-hybridized carbons (Fsp3) is 0.545. The summed E-state index contributed by atoms with van der Waals surface area (Å²) in [7, 11) is 0. The lowest BCUT2D eigenvalue weighted by Crippen LogP contribution is -2.76. The minimum absolute atomic E-state index is 0.00887. The number of carbonyl (C=O) groups excluding carboxylic acids is 2. The molecule has 2 heterocycles. The lowest BCUT2D eigenvalue weighted by molar-refractivity contribution is -0.153. The Bertz CT molecular complexity index is 501. The molecule has 1 saturated heterocycles. The molecule has 0 aliphatic carbocycles. The second-order valence-electron chi connectivity index (χ2n) is 4.66. The molecule has 0 aromatic heterocycles. The Balaban J connectivity index is 2.30. The van der Waals surface area contributed by atoms with Gasteiger partial charge in [-0.1, -0.05) is 11.8 Å². The van der Waals surface area contributed by atoms with Crippen LogP contribution in [0.2, 0.25) is 0 Å². The first-order chi connectivity index (χ1) is 8.76. The number of hydrogen-bond donors (Lipinski definition) is 2. The topological polar surface area (TPSA) is 101 Å². The summed E-state index contributed by atoms with van der Waals surface area (Å²) in [5.74, 6) is -0.758. The lowest BCUT2D eigenvalue weighted by Gasteiger charge is -2.54. The predicted octanol–water partition coefficient (Wildman–Crippen LogP) is 0.237. The number of aliphatic carboxylic acids is 1. The Labute approximate surface area is 118 Å². The monoisotopic (exact) mass is 302 g/mol. The average molecular weight is 302 g/mol. The molecule has 0 radical (unpaired) electrons. The van der Waals surface area contributed by atoms with Crippen molar-refractivity contribution in [1.82, 2.24) is 4.90 Å². The highest BCUT2D eigenvalue weighted by atomic mass is 32.2. The van der Waals surface area contributed by atoms with E-state index in [0.717, 1.165) is 11.8 Å². The van der Waals surface area contributed by atoms with Crippen molar-refractivity contribution in [2.24, 2.45) is 5.73 Å². The van der Waals surface area contributed by atoms with Gasteiger partial charge in [-0.3, -0.25) is 14.5 Å². The molecule has 8 heteroatoms. The molecule has 1 unspecified atom stereocenters. The Morgan fingerprint density at radius 1 is 1.63 bits per heavy atom. The van der Waals surface area contributed by atoms with Gasteiger partial charge in [-0.2, -0.15) is 0 Å². The van der Waals surface area contributed by atoms with Gasteiger partial charge in [0, 0.05) is 18.4 Å². The SMILES string of the molecule is CC(=O)SCC1=C(C(=O)O)N2C(=O)C(C)(N)[C@H]2SC1. The molecule has 1 fully saturated rings.